The molecule has 1 saturated carbocycles. The minimum absolute atomic E-state index is 0.279. The van der Waals surface area contributed by atoms with Gasteiger partial charge in [0.15, 0.2) is 0 Å². The van der Waals surface area contributed by atoms with E-state index in [4.69, 9.17) is 5.73 Å². The smallest absolute Gasteiger partial charge is 0.325 e. The van der Waals surface area contributed by atoms with Crippen LogP contribution < -0.4 is 5.73 Å². The number of carbonyl (C=O) groups excluding carboxylic acids is 1. The second-order valence-electron chi connectivity index (χ2n) is 3.37. The van der Waals surface area contributed by atoms with Crippen molar-refractivity contribution in [1.82, 2.24) is 4.31 Å². The van der Waals surface area contributed by atoms with Crippen LogP contribution in [0.25, 0.3) is 0 Å². The molecule has 0 saturated heterocycles. The normalized spacial score (nSPS) is 18.5. The zero-order valence-electron chi connectivity index (χ0n) is 8.16. The maximum atomic E-state index is 11.1. The molecule has 4 heteroatoms. The highest BCUT2D eigenvalue weighted by atomic mass is 32.2. The van der Waals surface area contributed by atoms with E-state index < -0.39 is 0 Å². The lowest BCUT2D eigenvalue weighted by Crippen LogP contribution is -2.39. The molecule has 1 aliphatic carbocycles. The number of nitrogens with zero attached hydrogens (tertiary/aromatic N) is 1. The van der Waals surface area contributed by atoms with Gasteiger partial charge in [0.1, 0.15) is 0 Å². The van der Waals surface area contributed by atoms with Gasteiger partial charge in [-0.3, -0.25) is 4.31 Å². The van der Waals surface area contributed by atoms with Crippen molar-refractivity contribution in [1.29, 1.82) is 0 Å². The number of rotatable bonds is 3. The first-order valence-corrected chi connectivity index (χ1v) is 5.91. The fourth-order valence-electron chi connectivity index (χ4n) is 1.80. The Balaban J connectivity index is 2.46. The molecular formula is C9H18N2OS. The van der Waals surface area contributed by atoms with Crippen molar-refractivity contribution in [2.75, 3.05) is 5.75 Å². The molecule has 0 radical (unpaired) electrons. The summed E-state index contributed by atoms with van der Waals surface area (Å²) in [5.41, 5.74) is 5.32. The van der Waals surface area contributed by atoms with Crippen LogP contribution in [-0.2, 0) is 0 Å². The topological polar surface area (TPSA) is 46.3 Å². The van der Waals surface area contributed by atoms with Crippen LogP contribution in [0.2, 0.25) is 0 Å². The lowest BCUT2D eigenvalue weighted by Gasteiger charge is -2.31. The highest BCUT2D eigenvalue weighted by molar-refractivity contribution is 7.97. The number of primary amides is 1. The van der Waals surface area contributed by atoms with E-state index >= 15 is 0 Å². The predicted octanol–water partition coefficient (Wildman–Crippen LogP) is 2.37. The molecule has 76 valence electrons. The average molecular weight is 202 g/mol. The highest BCUT2D eigenvalue weighted by Crippen LogP contribution is 2.26. The van der Waals surface area contributed by atoms with Gasteiger partial charge in [0.05, 0.1) is 0 Å². The molecule has 0 aromatic heterocycles. The molecule has 0 heterocycles. The van der Waals surface area contributed by atoms with Gasteiger partial charge >= 0.3 is 6.03 Å². The van der Waals surface area contributed by atoms with Crippen molar-refractivity contribution < 1.29 is 4.79 Å². The summed E-state index contributed by atoms with van der Waals surface area (Å²) in [6.45, 7) is 2.05. The number of hydrogen-bond donors (Lipinski definition) is 1. The SMILES string of the molecule is CCSN(C(N)=O)C1CCCCC1. The Hall–Kier alpha value is -0.380. The summed E-state index contributed by atoms with van der Waals surface area (Å²) in [5, 5.41) is 0. The largest absolute Gasteiger partial charge is 0.351 e. The molecular weight excluding hydrogens is 184 g/mol. The maximum absolute atomic E-state index is 11.1. The van der Waals surface area contributed by atoms with Gasteiger partial charge in [-0.25, -0.2) is 4.79 Å². The molecule has 1 fully saturated rings. The van der Waals surface area contributed by atoms with Gasteiger partial charge < -0.3 is 5.73 Å². The van der Waals surface area contributed by atoms with Gasteiger partial charge in [0.2, 0.25) is 0 Å². The number of urea groups is 1. The van der Waals surface area contributed by atoms with E-state index in [1.807, 2.05) is 6.92 Å². The molecule has 0 spiro atoms. The van der Waals surface area contributed by atoms with Crippen molar-refractivity contribution in [3.8, 4) is 0 Å². The minimum Gasteiger partial charge on any atom is -0.351 e. The summed E-state index contributed by atoms with van der Waals surface area (Å²) >= 11 is 1.55. The van der Waals surface area contributed by atoms with E-state index in [9.17, 15) is 4.79 Å². The molecule has 0 aliphatic heterocycles. The number of amides is 2. The zero-order valence-corrected chi connectivity index (χ0v) is 8.98. The molecule has 1 rings (SSSR count). The van der Waals surface area contributed by atoms with Crippen molar-refractivity contribution in [3.63, 3.8) is 0 Å². The Morgan fingerprint density at radius 2 is 2.08 bits per heavy atom. The number of hydrogen-bond acceptors (Lipinski definition) is 2. The quantitative estimate of drug-likeness (QED) is 0.714. The summed E-state index contributed by atoms with van der Waals surface area (Å²) in [4.78, 5) is 11.1. The van der Waals surface area contributed by atoms with E-state index in [1.165, 1.54) is 19.3 Å². The van der Waals surface area contributed by atoms with Crippen LogP contribution in [0.5, 0.6) is 0 Å². The molecule has 0 unspecified atom stereocenters. The molecule has 2 N–H and O–H groups in total. The van der Waals surface area contributed by atoms with Crippen LogP contribution in [0.3, 0.4) is 0 Å². The third-order valence-corrected chi connectivity index (χ3v) is 3.41. The van der Waals surface area contributed by atoms with Crippen molar-refractivity contribution >= 4 is 18.0 Å². The second-order valence-corrected chi connectivity index (χ2v) is 4.60. The Morgan fingerprint density at radius 1 is 1.46 bits per heavy atom. The number of nitrogens with two attached hydrogens (primary N) is 1. The van der Waals surface area contributed by atoms with Crippen molar-refractivity contribution in [2.45, 2.75) is 45.1 Å². The van der Waals surface area contributed by atoms with Crippen LogP contribution in [0.4, 0.5) is 4.79 Å². The summed E-state index contributed by atoms with van der Waals surface area (Å²) in [6.07, 6.45) is 6.02. The monoisotopic (exact) mass is 202 g/mol. The lowest BCUT2D eigenvalue weighted by atomic mass is 9.96. The first-order chi connectivity index (χ1) is 6.25. The average Bonchev–Trinajstić information content (AvgIpc) is 2.15. The van der Waals surface area contributed by atoms with Crippen molar-refractivity contribution in [2.24, 2.45) is 5.73 Å². The molecule has 3 nitrogen and oxygen atoms in total. The highest BCUT2D eigenvalue weighted by Gasteiger charge is 2.23. The Bertz CT molecular complexity index is 169. The lowest BCUT2D eigenvalue weighted by molar-refractivity contribution is 0.214. The third-order valence-electron chi connectivity index (χ3n) is 2.39. The minimum atomic E-state index is -0.279. The van der Waals surface area contributed by atoms with Crippen LogP contribution >= 0.6 is 11.9 Å². The second kappa shape index (κ2) is 5.37. The van der Waals surface area contributed by atoms with E-state index in [2.05, 4.69) is 0 Å². The Morgan fingerprint density at radius 3 is 2.54 bits per heavy atom. The van der Waals surface area contributed by atoms with Gasteiger partial charge in [-0.1, -0.05) is 26.2 Å². The summed E-state index contributed by atoms with van der Waals surface area (Å²) in [5.74, 6) is 0.916. The Kier molecular flexibility index (Phi) is 4.42. The van der Waals surface area contributed by atoms with E-state index in [1.54, 1.807) is 16.3 Å². The van der Waals surface area contributed by atoms with Crippen molar-refractivity contribution in [3.05, 3.63) is 0 Å². The summed E-state index contributed by atoms with van der Waals surface area (Å²) < 4.78 is 1.76. The summed E-state index contributed by atoms with van der Waals surface area (Å²) in [6, 6.07) is 0.106. The van der Waals surface area contributed by atoms with Crippen LogP contribution in [0.1, 0.15) is 39.0 Å². The Labute approximate surface area is 84.2 Å². The summed E-state index contributed by atoms with van der Waals surface area (Å²) in [7, 11) is 0. The molecule has 0 aromatic rings. The van der Waals surface area contributed by atoms with E-state index in [0.717, 1.165) is 18.6 Å². The molecule has 0 aromatic carbocycles. The predicted molar refractivity (Wildman–Crippen MR) is 56.4 cm³/mol. The van der Waals surface area contributed by atoms with Crippen LogP contribution in [0, 0.1) is 0 Å². The zero-order chi connectivity index (χ0) is 9.68. The van der Waals surface area contributed by atoms with E-state index in [0.29, 0.717) is 6.04 Å². The molecule has 0 atom stereocenters. The number of carbonyl (C=O) groups is 1. The fourth-order valence-corrected chi connectivity index (χ4v) is 2.63. The van der Waals surface area contributed by atoms with Gasteiger partial charge in [-0.15, -0.1) is 0 Å². The molecule has 1 aliphatic rings. The van der Waals surface area contributed by atoms with Crippen LogP contribution in [0.15, 0.2) is 0 Å². The maximum Gasteiger partial charge on any atom is 0.325 e. The molecule has 2 amide bonds. The standard InChI is InChI=1S/C9H18N2OS/c1-2-13-11(9(10)12)8-6-4-3-5-7-8/h8H,2-7H2,1H3,(H2,10,12). The van der Waals surface area contributed by atoms with E-state index in [-0.39, 0.29) is 6.03 Å². The van der Waals surface area contributed by atoms with Gasteiger partial charge in [-0.2, -0.15) is 0 Å². The molecule has 13 heavy (non-hydrogen) atoms. The van der Waals surface area contributed by atoms with Gasteiger partial charge in [-0.05, 0) is 24.8 Å². The fraction of sp³-hybridized carbons (Fsp3) is 0.889. The van der Waals surface area contributed by atoms with Gasteiger partial charge in [0.25, 0.3) is 0 Å². The first-order valence-electron chi connectivity index (χ1n) is 4.97. The third kappa shape index (κ3) is 3.10. The molecule has 0 bridgehead atoms. The first kappa shape index (κ1) is 10.7. The van der Waals surface area contributed by atoms with Gasteiger partial charge in [0, 0.05) is 11.8 Å². The van der Waals surface area contributed by atoms with Crippen LogP contribution in [-0.4, -0.2) is 22.1 Å².